The lowest BCUT2D eigenvalue weighted by atomic mass is 9.95. The van der Waals surface area contributed by atoms with Crippen LogP contribution < -0.4 is 5.32 Å². The van der Waals surface area contributed by atoms with E-state index >= 15 is 0 Å². The number of carbonyl (C=O) groups excluding carboxylic acids is 2. The normalized spacial score (nSPS) is 31.1. The summed E-state index contributed by atoms with van der Waals surface area (Å²) in [6.07, 6.45) is 4.56. The summed E-state index contributed by atoms with van der Waals surface area (Å²) >= 11 is 0. The Balaban J connectivity index is 1.65. The number of nitrogens with one attached hydrogen (secondary N) is 1. The quantitative estimate of drug-likeness (QED) is 0.849. The molecule has 1 aromatic rings. The third kappa shape index (κ3) is 2.40. The zero-order valence-electron chi connectivity index (χ0n) is 11.4. The second-order valence-corrected chi connectivity index (χ2v) is 5.61. The van der Waals surface area contributed by atoms with Gasteiger partial charge in [-0.25, -0.2) is 0 Å². The molecule has 1 unspecified atom stereocenters. The molecule has 1 N–H and O–H groups in total. The van der Waals surface area contributed by atoms with Crippen LogP contribution in [0.5, 0.6) is 0 Å². The lowest BCUT2D eigenvalue weighted by Crippen LogP contribution is -2.40. The van der Waals surface area contributed by atoms with Gasteiger partial charge < -0.3 is 10.1 Å². The first-order valence-corrected chi connectivity index (χ1v) is 7.04. The highest BCUT2D eigenvalue weighted by Crippen LogP contribution is 2.46. The topological polar surface area (TPSA) is 68.3 Å². The smallest absolute Gasteiger partial charge is 0.302 e. The number of rotatable bonds is 3. The maximum absolute atomic E-state index is 12.1. The molecular weight excluding hydrogens is 256 g/mol. The Morgan fingerprint density at radius 2 is 2.20 bits per heavy atom. The Hall–Kier alpha value is -1.91. The molecule has 20 heavy (non-hydrogen) atoms. The zero-order valence-corrected chi connectivity index (χ0v) is 11.4. The van der Waals surface area contributed by atoms with Gasteiger partial charge in [-0.2, -0.15) is 0 Å². The molecule has 2 fully saturated rings. The molecule has 2 aliphatic carbocycles. The van der Waals surface area contributed by atoms with Crippen molar-refractivity contribution in [1.82, 2.24) is 10.3 Å². The number of amides is 1. The molecule has 0 aromatic carbocycles. The van der Waals surface area contributed by atoms with E-state index in [9.17, 15) is 9.59 Å². The summed E-state index contributed by atoms with van der Waals surface area (Å²) in [5, 5.41) is 3.04. The molecule has 3 rings (SSSR count). The van der Waals surface area contributed by atoms with Gasteiger partial charge in [-0.05, 0) is 37.3 Å². The largest absolute Gasteiger partial charge is 0.462 e. The summed E-state index contributed by atoms with van der Waals surface area (Å²) in [6, 6.07) is 5.37. The highest BCUT2D eigenvalue weighted by Gasteiger charge is 2.50. The molecule has 1 amide bonds. The van der Waals surface area contributed by atoms with Gasteiger partial charge in [0.2, 0.25) is 0 Å². The highest BCUT2D eigenvalue weighted by atomic mass is 16.5. The van der Waals surface area contributed by atoms with Crippen LogP contribution in [0.3, 0.4) is 0 Å². The van der Waals surface area contributed by atoms with Gasteiger partial charge in [0.05, 0.1) is 0 Å². The van der Waals surface area contributed by atoms with Crippen molar-refractivity contribution in [1.29, 1.82) is 0 Å². The van der Waals surface area contributed by atoms with E-state index in [4.69, 9.17) is 4.74 Å². The number of hydrogen-bond acceptors (Lipinski definition) is 4. The maximum Gasteiger partial charge on any atom is 0.302 e. The lowest BCUT2D eigenvalue weighted by Gasteiger charge is -2.22. The molecule has 2 bridgehead atoms. The summed E-state index contributed by atoms with van der Waals surface area (Å²) in [5.41, 5.74) is 0.430. The Morgan fingerprint density at radius 3 is 2.90 bits per heavy atom. The molecule has 106 valence electrons. The minimum Gasteiger partial charge on any atom is -0.462 e. The minimum atomic E-state index is -0.233. The molecule has 0 radical (unpaired) electrons. The van der Waals surface area contributed by atoms with Crippen molar-refractivity contribution in [2.75, 3.05) is 0 Å². The molecule has 4 atom stereocenters. The fraction of sp³-hybridized carbons (Fsp3) is 0.533. The van der Waals surface area contributed by atoms with E-state index in [0.717, 1.165) is 19.3 Å². The van der Waals surface area contributed by atoms with Gasteiger partial charge in [-0.3, -0.25) is 14.6 Å². The standard InChI is InChI=1S/C15H18N2O3/c1-9(18)20-14-10-5-6-11(14)13(8-10)17-15(19)12-4-2-3-7-16-12/h2-4,7,10-11,13-14H,5-6,8H2,1H3,(H,17,19)/t10-,11+,13-,14?/m1/s1. The lowest BCUT2D eigenvalue weighted by molar-refractivity contribution is -0.148. The van der Waals surface area contributed by atoms with E-state index in [2.05, 4.69) is 10.3 Å². The van der Waals surface area contributed by atoms with E-state index in [0.29, 0.717) is 11.6 Å². The summed E-state index contributed by atoms with van der Waals surface area (Å²) in [6.45, 7) is 1.44. The van der Waals surface area contributed by atoms with E-state index in [1.165, 1.54) is 6.92 Å². The van der Waals surface area contributed by atoms with Gasteiger partial charge in [-0.15, -0.1) is 0 Å². The predicted molar refractivity (Wildman–Crippen MR) is 71.9 cm³/mol. The maximum atomic E-state index is 12.1. The van der Waals surface area contributed by atoms with Crippen molar-refractivity contribution < 1.29 is 14.3 Å². The number of aromatic nitrogens is 1. The van der Waals surface area contributed by atoms with Crippen LogP contribution >= 0.6 is 0 Å². The SMILES string of the molecule is CC(=O)OC1[C@@H]2CC[C@H]1[C@H](NC(=O)c1ccccn1)C2. The minimum absolute atomic E-state index is 0.0264. The van der Waals surface area contributed by atoms with Crippen molar-refractivity contribution in [3.05, 3.63) is 30.1 Å². The Bertz CT molecular complexity index is 517. The highest BCUT2D eigenvalue weighted by molar-refractivity contribution is 5.92. The van der Waals surface area contributed by atoms with Crippen LogP contribution in [-0.2, 0) is 9.53 Å². The first kappa shape index (κ1) is 13.1. The van der Waals surface area contributed by atoms with Gasteiger partial charge in [0, 0.05) is 25.1 Å². The van der Waals surface area contributed by atoms with Crippen molar-refractivity contribution in [3.63, 3.8) is 0 Å². The Kier molecular flexibility index (Phi) is 3.42. The summed E-state index contributed by atoms with van der Waals surface area (Å²) in [5.74, 6) is 0.253. The molecule has 5 heteroatoms. The molecule has 0 aliphatic heterocycles. The van der Waals surface area contributed by atoms with Gasteiger partial charge in [0.1, 0.15) is 11.8 Å². The van der Waals surface area contributed by atoms with Crippen molar-refractivity contribution in [2.24, 2.45) is 11.8 Å². The van der Waals surface area contributed by atoms with Gasteiger partial charge in [-0.1, -0.05) is 6.07 Å². The molecule has 0 spiro atoms. The van der Waals surface area contributed by atoms with Crippen LogP contribution in [0.4, 0.5) is 0 Å². The summed E-state index contributed by atoms with van der Waals surface area (Å²) < 4.78 is 5.41. The van der Waals surface area contributed by atoms with Crippen LogP contribution in [0.15, 0.2) is 24.4 Å². The van der Waals surface area contributed by atoms with Crippen LogP contribution in [0.1, 0.15) is 36.7 Å². The second kappa shape index (κ2) is 5.23. The molecule has 1 heterocycles. The monoisotopic (exact) mass is 274 g/mol. The number of hydrogen-bond donors (Lipinski definition) is 1. The molecule has 0 saturated heterocycles. The fourth-order valence-electron chi connectivity index (χ4n) is 3.55. The second-order valence-electron chi connectivity index (χ2n) is 5.61. The van der Waals surface area contributed by atoms with Crippen LogP contribution in [0.2, 0.25) is 0 Å². The number of pyridine rings is 1. The van der Waals surface area contributed by atoms with Gasteiger partial charge >= 0.3 is 5.97 Å². The van der Waals surface area contributed by atoms with Gasteiger partial charge in [0.15, 0.2) is 0 Å². The third-order valence-electron chi connectivity index (χ3n) is 4.35. The number of fused-ring (bicyclic) bond motifs is 2. The first-order valence-electron chi connectivity index (χ1n) is 7.04. The van der Waals surface area contributed by atoms with Crippen molar-refractivity contribution >= 4 is 11.9 Å². The average Bonchev–Trinajstić information content (AvgIpc) is 2.96. The first-order chi connectivity index (χ1) is 9.65. The van der Waals surface area contributed by atoms with E-state index in [-0.39, 0.29) is 29.9 Å². The van der Waals surface area contributed by atoms with E-state index in [1.807, 2.05) is 0 Å². The number of ether oxygens (including phenoxy) is 1. The average molecular weight is 274 g/mol. The fourth-order valence-corrected chi connectivity index (χ4v) is 3.55. The predicted octanol–water partition coefficient (Wildman–Crippen LogP) is 1.54. The molecule has 2 aliphatic rings. The van der Waals surface area contributed by atoms with Crippen molar-refractivity contribution in [2.45, 2.75) is 38.3 Å². The summed E-state index contributed by atoms with van der Waals surface area (Å²) in [7, 11) is 0. The van der Waals surface area contributed by atoms with Crippen LogP contribution in [-0.4, -0.2) is 29.0 Å². The van der Waals surface area contributed by atoms with Crippen LogP contribution in [0, 0.1) is 11.8 Å². The number of nitrogens with zero attached hydrogens (tertiary/aromatic N) is 1. The van der Waals surface area contributed by atoms with E-state index in [1.54, 1.807) is 24.4 Å². The zero-order chi connectivity index (χ0) is 14.1. The molecule has 5 nitrogen and oxygen atoms in total. The molecule has 1 aromatic heterocycles. The number of esters is 1. The third-order valence-corrected chi connectivity index (χ3v) is 4.35. The van der Waals surface area contributed by atoms with Crippen molar-refractivity contribution in [3.8, 4) is 0 Å². The van der Waals surface area contributed by atoms with Gasteiger partial charge in [0.25, 0.3) is 5.91 Å². The van der Waals surface area contributed by atoms with E-state index < -0.39 is 0 Å². The summed E-state index contributed by atoms with van der Waals surface area (Å²) in [4.78, 5) is 27.3. The van der Waals surface area contributed by atoms with Crippen LogP contribution in [0.25, 0.3) is 0 Å². The number of carbonyl (C=O) groups is 2. The Labute approximate surface area is 117 Å². The molecule has 2 saturated carbocycles. The Morgan fingerprint density at radius 1 is 1.35 bits per heavy atom. The molecular formula is C15H18N2O3.